The number of amides is 1. The van der Waals surface area contributed by atoms with Gasteiger partial charge in [0, 0.05) is 6.54 Å². The monoisotopic (exact) mass is 175 g/mol. The first-order valence-corrected chi connectivity index (χ1v) is 3.89. The smallest absolute Gasteiger partial charge is 0.407 e. The Morgan fingerprint density at radius 2 is 2.36 bits per heavy atom. The van der Waals surface area contributed by atoms with E-state index in [1.807, 2.05) is 0 Å². The molecule has 3 nitrogen and oxygen atoms in total. The summed E-state index contributed by atoms with van der Waals surface area (Å²) in [5, 5.41) is 2.54. The van der Waals surface area contributed by atoms with E-state index < -0.39 is 0 Å². The van der Waals surface area contributed by atoms with Gasteiger partial charge in [0.05, 0.1) is 6.61 Å². The van der Waals surface area contributed by atoms with E-state index in [-0.39, 0.29) is 6.09 Å². The summed E-state index contributed by atoms with van der Waals surface area (Å²) in [6.07, 6.45) is 0.282. The van der Waals surface area contributed by atoms with Crippen molar-refractivity contribution >= 4 is 18.7 Å². The van der Waals surface area contributed by atoms with Crippen LogP contribution in [0, 0.1) is 0 Å². The number of hydrogen-bond donors (Lipinski definition) is 2. The van der Waals surface area contributed by atoms with E-state index in [9.17, 15) is 4.79 Å². The molecule has 0 fully saturated rings. The van der Waals surface area contributed by atoms with Crippen molar-refractivity contribution in [2.45, 2.75) is 13.3 Å². The molecule has 11 heavy (non-hydrogen) atoms. The highest BCUT2D eigenvalue weighted by atomic mass is 32.1. The maximum atomic E-state index is 10.6. The molecule has 4 heteroatoms. The second kappa shape index (κ2) is 6.09. The minimum absolute atomic E-state index is 0.387. The van der Waals surface area contributed by atoms with Gasteiger partial charge in [0.15, 0.2) is 0 Å². The molecule has 0 aromatic carbocycles. The normalized spacial score (nSPS) is 8.91. The average molecular weight is 175 g/mol. The van der Waals surface area contributed by atoms with Gasteiger partial charge in [-0.25, -0.2) is 4.79 Å². The number of alkyl carbamates (subject to hydrolysis) is 1. The topological polar surface area (TPSA) is 38.3 Å². The van der Waals surface area contributed by atoms with Gasteiger partial charge >= 0.3 is 6.09 Å². The molecule has 0 saturated heterocycles. The number of ether oxygens (including phenoxy) is 1. The van der Waals surface area contributed by atoms with Gasteiger partial charge in [-0.2, -0.15) is 0 Å². The van der Waals surface area contributed by atoms with Crippen molar-refractivity contribution in [3.8, 4) is 0 Å². The summed E-state index contributed by atoms with van der Waals surface area (Å²) < 4.78 is 4.62. The number of nitrogens with one attached hydrogen (secondary N) is 1. The van der Waals surface area contributed by atoms with Crippen molar-refractivity contribution in [1.82, 2.24) is 5.32 Å². The third-order valence-electron chi connectivity index (χ3n) is 0.958. The Morgan fingerprint density at radius 1 is 1.73 bits per heavy atom. The Bertz CT molecular complexity index is 147. The van der Waals surface area contributed by atoms with Crippen LogP contribution in [-0.4, -0.2) is 19.2 Å². The molecule has 0 aliphatic heterocycles. The molecule has 0 aromatic heterocycles. The van der Waals surface area contributed by atoms with Crippen molar-refractivity contribution in [3.63, 3.8) is 0 Å². The molecule has 0 atom stereocenters. The molecule has 1 N–H and O–H groups in total. The summed E-state index contributed by atoms with van der Waals surface area (Å²) in [5.74, 6) is 0. The second-order valence-corrected chi connectivity index (χ2v) is 2.60. The zero-order chi connectivity index (χ0) is 8.69. The van der Waals surface area contributed by atoms with Crippen LogP contribution >= 0.6 is 12.6 Å². The molecule has 64 valence electrons. The van der Waals surface area contributed by atoms with E-state index in [0.29, 0.717) is 19.6 Å². The van der Waals surface area contributed by atoms with Crippen LogP contribution in [0.1, 0.15) is 13.3 Å². The van der Waals surface area contributed by atoms with E-state index in [0.717, 1.165) is 4.91 Å². The van der Waals surface area contributed by atoms with Gasteiger partial charge in [0.1, 0.15) is 0 Å². The fourth-order valence-corrected chi connectivity index (χ4v) is 0.603. The summed E-state index contributed by atoms with van der Waals surface area (Å²) in [5.41, 5.74) is 0. The van der Waals surface area contributed by atoms with Gasteiger partial charge in [0.2, 0.25) is 0 Å². The van der Waals surface area contributed by atoms with Crippen LogP contribution in [0.15, 0.2) is 11.5 Å². The highest BCUT2D eigenvalue weighted by Crippen LogP contribution is 1.99. The molecule has 0 radical (unpaired) electrons. The van der Waals surface area contributed by atoms with Crippen molar-refractivity contribution in [1.29, 1.82) is 0 Å². The van der Waals surface area contributed by atoms with E-state index in [4.69, 9.17) is 0 Å². The molecule has 0 aliphatic carbocycles. The highest BCUT2D eigenvalue weighted by molar-refractivity contribution is 7.84. The lowest BCUT2D eigenvalue weighted by Gasteiger charge is -2.03. The fourth-order valence-electron chi connectivity index (χ4n) is 0.491. The molecule has 0 aromatic rings. The first-order valence-electron chi connectivity index (χ1n) is 3.44. The Hall–Kier alpha value is -0.640. The SMILES string of the molecule is C=C(S)CCNC(=O)OCC. The second-order valence-electron chi connectivity index (χ2n) is 1.96. The molecule has 0 rings (SSSR count). The minimum Gasteiger partial charge on any atom is -0.450 e. The molecule has 0 spiro atoms. The lowest BCUT2D eigenvalue weighted by Crippen LogP contribution is -2.25. The van der Waals surface area contributed by atoms with Gasteiger partial charge in [-0.05, 0) is 18.2 Å². The Balaban J connectivity index is 3.24. The lowest BCUT2D eigenvalue weighted by atomic mass is 10.4. The molecular weight excluding hydrogens is 162 g/mol. The Labute approximate surface area is 72.2 Å². The van der Waals surface area contributed by atoms with Gasteiger partial charge < -0.3 is 10.1 Å². The summed E-state index contributed by atoms with van der Waals surface area (Å²) >= 11 is 3.97. The summed E-state index contributed by atoms with van der Waals surface area (Å²) in [7, 11) is 0. The molecule has 0 aliphatic rings. The van der Waals surface area contributed by atoms with Crippen LogP contribution in [0.4, 0.5) is 4.79 Å². The van der Waals surface area contributed by atoms with Crippen LogP contribution in [0.3, 0.4) is 0 Å². The van der Waals surface area contributed by atoms with Crippen molar-refractivity contribution in [2.24, 2.45) is 0 Å². The summed E-state index contributed by atoms with van der Waals surface area (Å²) in [4.78, 5) is 11.4. The molecule has 0 bridgehead atoms. The van der Waals surface area contributed by atoms with Gasteiger partial charge in [0.25, 0.3) is 0 Å². The number of carbonyl (C=O) groups is 1. The zero-order valence-corrected chi connectivity index (χ0v) is 7.49. The predicted octanol–water partition coefficient (Wildman–Crippen LogP) is 1.57. The van der Waals surface area contributed by atoms with Crippen molar-refractivity contribution in [2.75, 3.05) is 13.2 Å². The maximum Gasteiger partial charge on any atom is 0.407 e. The van der Waals surface area contributed by atoms with Crippen LogP contribution in [0.2, 0.25) is 0 Å². The fraction of sp³-hybridized carbons (Fsp3) is 0.571. The summed E-state index contributed by atoms with van der Waals surface area (Å²) in [6.45, 7) is 6.26. The van der Waals surface area contributed by atoms with Crippen molar-refractivity contribution in [3.05, 3.63) is 11.5 Å². The van der Waals surface area contributed by atoms with Crippen LogP contribution in [-0.2, 0) is 4.74 Å². The van der Waals surface area contributed by atoms with Gasteiger partial charge in [-0.1, -0.05) is 6.58 Å². The predicted molar refractivity (Wildman–Crippen MR) is 47.8 cm³/mol. The number of thiol groups is 1. The first-order chi connectivity index (χ1) is 5.16. The van der Waals surface area contributed by atoms with Crippen molar-refractivity contribution < 1.29 is 9.53 Å². The maximum absolute atomic E-state index is 10.6. The minimum atomic E-state index is -0.387. The highest BCUT2D eigenvalue weighted by Gasteiger charge is 1.97. The first kappa shape index (κ1) is 10.4. The number of carbonyl (C=O) groups excluding carboxylic acids is 1. The number of hydrogen-bond acceptors (Lipinski definition) is 3. The van der Waals surface area contributed by atoms with Gasteiger partial charge in [-0.3, -0.25) is 0 Å². The Morgan fingerprint density at radius 3 is 2.82 bits per heavy atom. The average Bonchev–Trinajstić information content (AvgIpc) is 1.87. The Kier molecular flexibility index (Phi) is 5.74. The van der Waals surface area contributed by atoms with Gasteiger partial charge in [-0.15, -0.1) is 12.6 Å². The third-order valence-corrected chi connectivity index (χ3v) is 1.18. The third kappa shape index (κ3) is 7.25. The zero-order valence-electron chi connectivity index (χ0n) is 6.59. The lowest BCUT2D eigenvalue weighted by molar-refractivity contribution is 0.152. The molecular formula is C7H13NO2S. The largest absolute Gasteiger partial charge is 0.450 e. The van der Waals surface area contributed by atoms with E-state index >= 15 is 0 Å². The molecule has 0 unspecified atom stereocenters. The van der Waals surface area contributed by atoms with E-state index in [1.165, 1.54) is 0 Å². The molecule has 0 heterocycles. The van der Waals surface area contributed by atoms with Crippen LogP contribution < -0.4 is 5.32 Å². The number of rotatable bonds is 4. The van der Waals surface area contributed by atoms with Crippen LogP contribution in [0.25, 0.3) is 0 Å². The quantitative estimate of drug-likeness (QED) is 0.636. The summed E-state index contributed by atoms with van der Waals surface area (Å²) in [6, 6.07) is 0. The molecule has 0 saturated carbocycles. The van der Waals surface area contributed by atoms with E-state index in [2.05, 4.69) is 29.3 Å². The molecule has 1 amide bonds. The van der Waals surface area contributed by atoms with E-state index in [1.54, 1.807) is 6.92 Å². The van der Waals surface area contributed by atoms with Crippen LogP contribution in [0.5, 0.6) is 0 Å². The standard InChI is InChI=1S/C7H13NO2S/c1-3-10-7(9)8-5-4-6(2)11/h11H,2-5H2,1H3,(H,8,9).